The van der Waals surface area contributed by atoms with Gasteiger partial charge >= 0.3 is 5.97 Å². The Bertz CT molecular complexity index is 1340. The van der Waals surface area contributed by atoms with E-state index in [2.05, 4.69) is 10.3 Å². The van der Waals surface area contributed by atoms with Gasteiger partial charge in [-0.05, 0) is 66.6 Å². The summed E-state index contributed by atoms with van der Waals surface area (Å²) >= 11 is 1.52. The first-order chi connectivity index (χ1) is 16.9. The zero-order valence-electron chi connectivity index (χ0n) is 19.0. The molecule has 3 N–H and O–H groups in total. The van der Waals surface area contributed by atoms with E-state index in [-0.39, 0.29) is 12.1 Å². The first-order valence-corrected chi connectivity index (χ1v) is 11.7. The van der Waals surface area contributed by atoms with Gasteiger partial charge in [0.25, 0.3) is 0 Å². The average molecular weight is 489 g/mol. The molecule has 0 saturated heterocycles. The van der Waals surface area contributed by atoms with Crippen LogP contribution in [0.3, 0.4) is 0 Å². The van der Waals surface area contributed by atoms with Crippen LogP contribution in [0.5, 0.6) is 0 Å². The lowest BCUT2D eigenvalue weighted by molar-refractivity contribution is -0.135. The van der Waals surface area contributed by atoms with Crippen molar-refractivity contribution in [2.45, 2.75) is 20.0 Å². The van der Waals surface area contributed by atoms with E-state index in [1.807, 2.05) is 49.4 Å². The highest BCUT2D eigenvalue weighted by Gasteiger charge is 2.16. The zero-order valence-corrected chi connectivity index (χ0v) is 19.8. The van der Waals surface area contributed by atoms with Crippen molar-refractivity contribution in [2.24, 2.45) is 0 Å². The molecule has 0 aliphatic rings. The van der Waals surface area contributed by atoms with Crippen LogP contribution in [0.25, 0.3) is 10.6 Å². The van der Waals surface area contributed by atoms with E-state index in [1.165, 1.54) is 23.5 Å². The molecular weight excluding hydrogens is 464 g/mol. The van der Waals surface area contributed by atoms with Gasteiger partial charge in [-0.3, -0.25) is 4.79 Å². The van der Waals surface area contributed by atoms with Crippen LogP contribution in [0, 0.1) is 6.92 Å². The van der Waals surface area contributed by atoms with Crippen LogP contribution in [0.2, 0.25) is 0 Å². The molecule has 0 atom stereocenters. The molecule has 4 rings (SSSR count). The van der Waals surface area contributed by atoms with Crippen molar-refractivity contribution in [3.63, 3.8) is 0 Å². The minimum Gasteiger partial charge on any atom is -0.478 e. The van der Waals surface area contributed by atoms with E-state index in [4.69, 9.17) is 10.1 Å². The number of carbonyl (C=O) groups is 2. The number of nitrogens with zero attached hydrogens (tertiary/aromatic N) is 3. The molecule has 4 aromatic rings. The Balaban J connectivity index is 1.48. The Morgan fingerprint density at radius 1 is 1.00 bits per heavy atom. The summed E-state index contributed by atoms with van der Waals surface area (Å²) in [5.74, 6) is -0.0141. The van der Waals surface area contributed by atoms with Crippen molar-refractivity contribution in [3.05, 3.63) is 94.5 Å². The average Bonchev–Trinajstić information content (AvgIpc) is 3.32. The molecule has 0 unspecified atom stereocenters. The highest BCUT2D eigenvalue weighted by atomic mass is 32.1. The van der Waals surface area contributed by atoms with Crippen molar-refractivity contribution in [1.29, 1.82) is 0 Å². The summed E-state index contributed by atoms with van der Waals surface area (Å²) < 4.78 is 0. The number of aromatic nitrogens is 2. The zero-order chi connectivity index (χ0) is 24.8. The molecule has 3 aromatic heterocycles. The smallest absolute Gasteiger partial charge is 0.335 e. The van der Waals surface area contributed by atoms with E-state index in [0.717, 1.165) is 32.4 Å². The highest BCUT2D eigenvalue weighted by Crippen LogP contribution is 2.29. The first-order valence-electron chi connectivity index (χ1n) is 10.9. The van der Waals surface area contributed by atoms with E-state index < -0.39 is 18.5 Å². The number of carboxylic acid groups (broad SMARTS) is 1. The number of aryl methyl sites for hydroxylation is 1. The van der Waals surface area contributed by atoms with Gasteiger partial charge in [0.05, 0.1) is 22.7 Å². The number of aliphatic hydroxyl groups excluding tert-OH is 1. The quantitative estimate of drug-likeness (QED) is 0.318. The molecule has 0 radical (unpaired) electrons. The minimum atomic E-state index is -1.01. The van der Waals surface area contributed by atoms with Crippen LogP contribution in [0.15, 0.2) is 72.9 Å². The second kappa shape index (κ2) is 10.9. The van der Waals surface area contributed by atoms with Gasteiger partial charge in [0.15, 0.2) is 0 Å². The van der Waals surface area contributed by atoms with Gasteiger partial charge in [-0.15, -0.1) is 11.3 Å². The molecule has 35 heavy (non-hydrogen) atoms. The third-order valence-electron chi connectivity index (χ3n) is 5.24. The van der Waals surface area contributed by atoms with Crippen molar-refractivity contribution >= 4 is 34.8 Å². The molecule has 178 valence electrons. The van der Waals surface area contributed by atoms with Gasteiger partial charge in [-0.25, -0.2) is 14.8 Å². The number of benzene rings is 1. The molecule has 1 aromatic carbocycles. The van der Waals surface area contributed by atoms with Crippen LogP contribution in [0.1, 0.15) is 26.4 Å². The second-order valence-electron chi connectivity index (χ2n) is 7.93. The van der Waals surface area contributed by atoms with Crippen molar-refractivity contribution in [2.75, 3.05) is 11.9 Å². The monoisotopic (exact) mass is 488 g/mol. The number of anilines is 2. The van der Waals surface area contributed by atoms with Gasteiger partial charge in [0, 0.05) is 17.6 Å². The van der Waals surface area contributed by atoms with Crippen molar-refractivity contribution in [1.82, 2.24) is 14.9 Å². The van der Waals surface area contributed by atoms with Gasteiger partial charge < -0.3 is 20.4 Å². The predicted octanol–water partition coefficient (Wildman–Crippen LogP) is 4.48. The summed E-state index contributed by atoms with van der Waals surface area (Å²) in [4.78, 5) is 35.9. The fraction of sp³-hybridized carbons (Fsp3) is 0.154. The number of thiophene rings is 1. The minimum absolute atomic E-state index is 0.180. The number of aromatic carboxylic acids is 1. The van der Waals surface area contributed by atoms with Crippen LogP contribution in [0.4, 0.5) is 11.6 Å². The number of hydrogen-bond acceptors (Lipinski definition) is 7. The summed E-state index contributed by atoms with van der Waals surface area (Å²) in [6, 6.07) is 19.8. The van der Waals surface area contributed by atoms with Crippen molar-refractivity contribution in [3.8, 4) is 10.6 Å². The van der Waals surface area contributed by atoms with Gasteiger partial charge in [0.1, 0.15) is 18.2 Å². The first kappa shape index (κ1) is 24.1. The molecule has 1 amide bonds. The fourth-order valence-corrected chi connectivity index (χ4v) is 4.46. The third-order valence-corrected chi connectivity index (χ3v) is 6.34. The van der Waals surface area contributed by atoms with Gasteiger partial charge in [-0.1, -0.05) is 18.2 Å². The number of pyridine rings is 2. The topological polar surface area (TPSA) is 116 Å². The summed E-state index contributed by atoms with van der Waals surface area (Å²) in [6.45, 7) is 1.97. The van der Waals surface area contributed by atoms with E-state index in [0.29, 0.717) is 12.4 Å². The normalized spacial score (nSPS) is 10.7. The Hall–Kier alpha value is -4.08. The van der Waals surface area contributed by atoms with Gasteiger partial charge in [-0.2, -0.15) is 0 Å². The number of hydrogen-bond donors (Lipinski definition) is 3. The maximum absolute atomic E-state index is 12.4. The molecule has 9 heteroatoms. The molecule has 0 bridgehead atoms. The van der Waals surface area contributed by atoms with Crippen LogP contribution in [-0.4, -0.2) is 43.6 Å². The number of amides is 1. The molecule has 0 aliphatic heterocycles. The Morgan fingerprint density at radius 3 is 2.51 bits per heavy atom. The van der Waals surface area contributed by atoms with Gasteiger partial charge in [0.2, 0.25) is 5.91 Å². The fourth-order valence-electron chi connectivity index (χ4n) is 3.47. The molecular formula is C26H24N4O4S. The third kappa shape index (κ3) is 6.28. The van der Waals surface area contributed by atoms with Crippen LogP contribution < -0.4 is 5.32 Å². The number of carboxylic acids is 1. The van der Waals surface area contributed by atoms with E-state index in [1.54, 1.807) is 23.2 Å². The molecule has 0 fully saturated rings. The van der Waals surface area contributed by atoms with E-state index >= 15 is 0 Å². The summed E-state index contributed by atoms with van der Waals surface area (Å²) in [5.41, 5.74) is 2.85. The lowest BCUT2D eigenvalue weighted by atomic mass is 10.1. The Kier molecular flexibility index (Phi) is 7.49. The molecule has 3 heterocycles. The van der Waals surface area contributed by atoms with Crippen LogP contribution >= 0.6 is 11.3 Å². The predicted molar refractivity (Wildman–Crippen MR) is 135 cm³/mol. The lowest BCUT2D eigenvalue weighted by Gasteiger charge is -2.21. The Morgan fingerprint density at radius 2 is 1.80 bits per heavy atom. The number of carbonyl (C=O) groups excluding carboxylic acids is 1. The lowest BCUT2D eigenvalue weighted by Crippen LogP contribution is -2.32. The molecule has 0 spiro atoms. The Labute approximate surface area is 206 Å². The molecule has 0 aliphatic carbocycles. The summed E-state index contributed by atoms with van der Waals surface area (Å²) in [5, 5.41) is 21.7. The molecule has 0 saturated carbocycles. The second-order valence-corrected chi connectivity index (χ2v) is 9.10. The summed E-state index contributed by atoms with van der Waals surface area (Å²) in [7, 11) is 0. The summed E-state index contributed by atoms with van der Waals surface area (Å²) in [6.07, 6.45) is 1.74. The number of aliphatic hydroxyl groups is 1. The maximum atomic E-state index is 12.4. The largest absolute Gasteiger partial charge is 0.478 e. The van der Waals surface area contributed by atoms with Crippen molar-refractivity contribution < 1.29 is 19.8 Å². The number of nitrogens with one attached hydrogen (secondary N) is 1. The van der Waals surface area contributed by atoms with E-state index in [9.17, 15) is 14.7 Å². The molecule has 8 nitrogen and oxygen atoms in total. The standard InChI is InChI=1S/C26H24N4O4S/c1-17-11-12-27-24(13-17)29-23-4-2-3-21(28-23)22-10-9-20(35-22)15-30(25(32)16-31)14-18-5-7-19(8-6-18)26(33)34/h2-13,31H,14-16H2,1H3,(H,33,34)(H,27,28,29). The number of rotatable bonds is 9. The SMILES string of the molecule is Cc1ccnc(Nc2cccc(-c3ccc(CN(Cc4ccc(C(=O)O)cc4)C(=O)CO)s3)n2)c1. The highest BCUT2D eigenvalue weighted by molar-refractivity contribution is 7.15. The maximum Gasteiger partial charge on any atom is 0.335 e. The van der Waals surface area contributed by atoms with Crippen LogP contribution in [-0.2, 0) is 17.9 Å².